The molecule has 0 aliphatic carbocycles. The van der Waals surface area contributed by atoms with Gasteiger partial charge in [0.1, 0.15) is 18.3 Å². The number of nitrogens with one attached hydrogen (secondary N) is 3. The lowest BCUT2D eigenvalue weighted by Crippen LogP contribution is -2.56. The topological polar surface area (TPSA) is 115 Å². The van der Waals surface area contributed by atoms with Crippen LogP contribution in [-0.2, 0) is 0 Å². The summed E-state index contributed by atoms with van der Waals surface area (Å²) in [6.07, 6.45) is 5.34. The highest BCUT2D eigenvalue weighted by Crippen LogP contribution is 2.20. The summed E-state index contributed by atoms with van der Waals surface area (Å²) in [5, 5.41) is 17.7. The lowest BCUT2D eigenvalue weighted by Gasteiger charge is -2.33. The van der Waals surface area contributed by atoms with E-state index in [-0.39, 0.29) is 16.5 Å². The van der Waals surface area contributed by atoms with Gasteiger partial charge in [-0.15, -0.1) is 4.99 Å². The molecule has 2 aromatic rings. The van der Waals surface area contributed by atoms with Gasteiger partial charge in [-0.05, 0) is 18.2 Å². The zero-order valence-electron chi connectivity index (χ0n) is 15.5. The third-order valence-corrected chi connectivity index (χ3v) is 3.82. The van der Waals surface area contributed by atoms with Crippen molar-refractivity contribution >= 4 is 29.2 Å². The summed E-state index contributed by atoms with van der Waals surface area (Å²) in [7, 11) is 0. The van der Waals surface area contributed by atoms with Crippen LogP contribution < -0.4 is 16.0 Å². The van der Waals surface area contributed by atoms with Gasteiger partial charge >= 0.3 is 0 Å². The average molecular weight is 404 g/mol. The summed E-state index contributed by atoms with van der Waals surface area (Å²) in [6.45, 7) is 5.58. The molecule has 1 heterocycles. The molecule has 1 aromatic carbocycles. The van der Waals surface area contributed by atoms with Crippen LogP contribution in [0.4, 0.5) is 10.1 Å². The number of guanidine groups is 1. The molecule has 0 radical (unpaired) electrons. The normalized spacial score (nSPS) is 12.6. The first-order valence-electron chi connectivity index (χ1n) is 8.22. The van der Waals surface area contributed by atoms with E-state index < -0.39 is 23.3 Å². The number of hydrogen-bond acceptors (Lipinski definition) is 5. The molecule has 3 N–H and O–H groups in total. The summed E-state index contributed by atoms with van der Waals surface area (Å²) in [5.41, 5.74) is -0.167. The number of halogens is 2. The second-order valence-corrected chi connectivity index (χ2v) is 7.29. The molecule has 0 spiro atoms. The molecule has 1 atom stereocenters. The maximum absolute atomic E-state index is 14.1. The van der Waals surface area contributed by atoms with E-state index in [4.69, 9.17) is 16.9 Å². The van der Waals surface area contributed by atoms with Crippen molar-refractivity contribution in [1.82, 2.24) is 20.6 Å². The van der Waals surface area contributed by atoms with Crippen molar-refractivity contribution in [3.05, 3.63) is 53.3 Å². The molecule has 146 valence electrons. The Balaban J connectivity index is 2.21. The molecule has 10 heteroatoms. The first-order chi connectivity index (χ1) is 13.2. The highest BCUT2D eigenvalue weighted by atomic mass is 35.5. The maximum Gasteiger partial charge on any atom is 0.255 e. The van der Waals surface area contributed by atoms with Crippen molar-refractivity contribution in [3.63, 3.8) is 0 Å². The molecular weight excluding hydrogens is 385 g/mol. The van der Waals surface area contributed by atoms with Crippen LogP contribution in [0.15, 0.2) is 41.9 Å². The van der Waals surface area contributed by atoms with Gasteiger partial charge in [-0.2, -0.15) is 5.26 Å². The summed E-state index contributed by atoms with van der Waals surface area (Å²) >= 11 is 5.73. The van der Waals surface area contributed by atoms with Crippen LogP contribution in [0.3, 0.4) is 0 Å². The first kappa shape index (κ1) is 21.1. The Bertz CT molecular complexity index is 906. The van der Waals surface area contributed by atoms with E-state index >= 15 is 0 Å². The molecule has 8 nitrogen and oxygen atoms in total. The number of amides is 1. The number of aromatic nitrogens is 2. The Labute approximate surface area is 166 Å². The number of nitriles is 1. The molecular formula is C18H19ClFN7O. The van der Waals surface area contributed by atoms with Gasteiger partial charge in [0.25, 0.3) is 5.91 Å². The van der Waals surface area contributed by atoms with Crippen molar-refractivity contribution in [2.75, 3.05) is 5.32 Å². The zero-order valence-corrected chi connectivity index (χ0v) is 16.3. The Morgan fingerprint density at radius 1 is 1.29 bits per heavy atom. The molecule has 0 aliphatic heterocycles. The van der Waals surface area contributed by atoms with Crippen molar-refractivity contribution in [3.8, 4) is 6.19 Å². The summed E-state index contributed by atoms with van der Waals surface area (Å²) < 4.78 is 14.1. The maximum atomic E-state index is 14.1. The third-order valence-electron chi connectivity index (χ3n) is 3.58. The fourth-order valence-corrected chi connectivity index (χ4v) is 2.29. The van der Waals surface area contributed by atoms with Gasteiger partial charge in [-0.1, -0.05) is 32.4 Å². The number of anilines is 1. The molecule has 1 amide bonds. The number of hydrogen-bond donors (Lipinski definition) is 3. The molecule has 2 rings (SSSR count). The third kappa shape index (κ3) is 5.89. The summed E-state index contributed by atoms with van der Waals surface area (Å²) in [5.74, 6) is -1.29. The van der Waals surface area contributed by atoms with Gasteiger partial charge in [-0.25, -0.2) is 14.4 Å². The van der Waals surface area contributed by atoms with Crippen molar-refractivity contribution < 1.29 is 9.18 Å². The van der Waals surface area contributed by atoms with Crippen LogP contribution in [0.2, 0.25) is 5.02 Å². The number of carbonyl (C=O) groups excluding carboxylic acids is 1. The van der Waals surface area contributed by atoms with Gasteiger partial charge in [0, 0.05) is 10.4 Å². The molecule has 0 fully saturated rings. The highest BCUT2D eigenvalue weighted by Gasteiger charge is 2.28. The highest BCUT2D eigenvalue weighted by molar-refractivity contribution is 6.30. The van der Waals surface area contributed by atoms with E-state index in [2.05, 4.69) is 30.9 Å². The Hall–Kier alpha value is -3.25. The number of nitrogens with zero attached hydrogens (tertiary/aromatic N) is 4. The van der Waals surface area contributed by atoms with Crippen molar-refractivity contribution in [2.45, 2.75) is 26.9 Å². The molecule has 0 aliphatic rings. The lowest BCUT2D eigenvalue weighted by molar-refractivity contribution is 0.0891. The number of rotatable bonds is 4. The van der Waals surface area contributed by atoms with Crippen molar-refractivity contribution in [2.24, 2.45) is 10.4 Å². The first-order valence-corrected chi connectivity index (χ1v) is 8.60. The quantitative estimate of drug-likeness (QED) is 0.313. The molecule has 1 unspecified atom stereocenters. The molecule has 1 aromatic heterocycles. The lowest BCUT2D eigenvalue weighted by atomic mass is 9.92. The molecule has 0 saturated heterocycles. The van der Waals surface area contributed by atoms with Gasteiger partial charge in [-0.3, -0.25) is 4.79 Å². The minimum absolute atomic E-state index is 0.0779. The van der Waals surface area contributed by atoms with E-state index in [1.54, 1.807) is 6.19 Å². The predicted molar refractivity (Wildman–Crippen MR) is 104 cm³/mol. The van der Waals surface area contributed by atoms with Crippen molar-refractivity contribution in [1.29, 1.82) is 5.26 Å². The van der Waals surface area contributed by atoms with E-state index in [9.17, 15) is 9.18 Å². The fourth-order valence-electron chi connectivity index (χ4n) is 2.13. The zero-order chi connectivity index (χ0) is 20.7. The Morgan fingerprint density at radius 3 is 2.54 bits per heavy atom. The van der Waals surface area contributed by atoms with Gasteiger partial charge in [0.15, 0.2) is 0 Å². The van der Waals surface area contributed by atoms with Gasteiger partial charge in [0.05, 0.1) is 23.6 Å². The fraction of sp³-hybridized carbons (Fsp3) is 0.278. The Kier molecular flexibility index (Phi) is 6.84. The number of aliphatic imine (C=N–C) groups is 1. The van der Waals surface area contributed by atoms with Crippen LogP contribution in [0.5, 0.6) is 0 Å². The molecule has 0 saturated carbocycles. The monoisotopic (exact) mass is 403 g/mol. The van der Waals surface area contributed by atoms with Crippen LogP contribution in [0, 0.1) is 22.7 Å². The van der Waals surface area contributed by atoms with E-state index in [1.807, 2.05) is 20.8 Å². The largest absolute Gasteiger partial charge is 0.335 e. The Morgan fingerprint density at radius 2 is 1.96 bits per heavy atom. The van der Waals surface area contributed by atoms with E-state index in [0.29, 0.717) is 5.69 Å². The van der Waals surface area contributed by atoms with Crippen LogP contribution in [-0.4, -0.2) is 28.0 Å². The van der Waals surface area contributed by atoms with Gasteiger partial charge in [0.2, 0.25) is 12.2 Å². The van der Waals surface area contributed by atoms with Crippen LogP contribution in [0.25, 0.3) is 0 Å². The van der Waals surface area contributed by atoms with E-state index in [1.165, 1.54) is 30.9 Å². The number of benzene rings is 1. The second-order valence-electron chi connectivity index (χ2n) is 6.85. The van der Waals surface area contributed by atoms with Crippen LogP contribution >= 0.6 is 11.6 Å². The summed E-state index contributed by atoms with van der Waals surface area (Å²) in [4.78, 5) is 24.0. The second kappa shape index (κ2) is 9.10. The average Bonchev–Trinajstić information content (AvgIpc) is 2.61. The predicted octanol–water partition coefficient (Wildman–Crippen LogP) is 2.91. The summed E-state index contributed by atoms with van der Waals surface area (Å²) in [6, 6.07) is 3.80. The SMILES string of the molecule is CC(C)(C)C(NC(=O)c1ccc(Cl)cc1F)N/C(=N/C#N)Nc1cncnc1. The van der Waals surface area contributed by atoms with E-state index in [0.717, 1.165) is 6.07 Å². The number of carbonyl (C=O) groups is 1. The minimum Gasteiger partial charge on any atom is -0.335 e. The standard InChI is InChI=1S/C18H19ClFN7O/c1-18(2,3)16(26-15(28)13-5-4-11(19)6-14(13)20)27-17(24-9-21)25-12-7-22-10-23-8-12/h4-8,10,16H,1-3H3,(H,26,28)(H2,24,25,27). The smallest absolute Gasteiger partial charge is 0.255 e. The molecule has 0 bridgehead atoms. The minimum atomic E-state index is -0.733. The molecule has 28 heavy (non-hydrogen) atoms. The van der Waals surface area contributed by atoms with Gasteiger partial charge < -0.3 is 16.0 Å². The van der Waals surface area contributed by atoms with Crippen LogP contribution in [0.1, 0.15) is 31.1 Å².